The summed E-state index contributed by atoms with van der Waals surface area (Å²) in [5, 5.41) is 0. The molecule has 0 saturated carbocycles. The molecule has 0 aromatic carbocycles. The minimum Gasteiger partial charge on any atom is -0.381 e. The highest BCUT2D eigenvalue weighted by Crippen LogP contribution is 2.44. The summed E-state index contributed by atoms with van der Waals surface area (Å²) in [7, 11) is 0. The average molecular weight is 445 g/mol. The van der Waals surface area contributed by atoms with E-state index in [0.29, 0.717) is 13.2 Å². The van der Waals surface area contributed by atoms with E-state index in [4.69, 9.17) is 33.2 Å². The molecule has 0 amide bonds. The van der Waals surface area contributed by atoms with Gasteiger partial charge in [-0.2, -0.15) is 0 Å². The first-order valence-electron chi connectivity index (χ1n) is 12.3. The summed E-state index contributed by atoms with van der Waals surface area (Å²) in [6.45, 7) is 12.7. The van der Waals surface area contributed by atoms with Crippen molar-refractivity contribution in [3.63, 3.8) is 0 Å². The minimum absolute atomic E-state index is 0.223. The Morgan fingerprint density at radius 3 is 1.90 bits per heavy atom. The fourth-order valence-corrected chi connectivity index (χ4v) is 4.52. The van der Waals surface area contributed by atoms with Gasteiger partial charge in [0.25, 0.3) is 0 Å². The van der Waals surface area contributed by atoms with Crippen LogP contribution in [0.3, 0.4) is 0 Å². The lowest BCUT2D eigenvalue weighted by Gasteiger charge is -2.37. The summed E-state index contributed by atoms with van der Waals surface area (Å²) in [4.78, 5) is 0. The molecule has 31 heavy (non-hydrogen) atoms. The number of hydrogen-bond acceptors (Lipinski definition) is 7. The molecule has 0 aromatic rings. The zero-order valence-electron chi connectivity index (χ0n) is 20.2. The Morgan fingerprint density at radius 2 is 1.16 bits per heavy atom. The van der Waals surface area contributed by atoms with Crippen LogP contribution in [0.5, 0.6) is 0 Å². The number of rotatable bonds is 14. The van der Waals surface area contributed by atoms with Crippen molar-refractivity contribution in [1.29, 1.82) is 0 Å². The first-order valence-corrected chi connectivity index (χ1v) is 12.3. The van der Waals surface area contributed by atoms with E-state index in [9.17, 15) is 0 Å². The van der Waals surface area contributed by atoms with E-state index in [-0.39, 0.29) is 24.4 Å². The van der Waals surface area contributed by atoms with Crippen molar-refractivity contribution in [3.8, 4) is 0 Å². The first kappa shape index (κ1) is 25.3. The molecule has 0 unspecified atom stereocenters. The van der Waals surface area contributed by atoms with Crippen molar-refractivity contribution in [1.82, 2.24) is 0 Å². The summed E-state index contributed by atoms with van der Waals surface area (Å²) in [5.74, 6) is -1.36. The van der Waals surface area contributed by atoms with E-state index in [0.717, 1.165) is 26.1 Å². The predicted octanol–water partition coefficient (Wildman–Crippen LogP) is 4.56. The maximum atomic E-state index is 6.16. The molecule has 3 saturated heterocycles. The standard InChI is InChI=1S/C24H44O7/c1-6-7-8-9-10-11-14-25-15-12-13-16-26-17-18-19-20(29-23(2,3)28-19)21-22(27-18)31-24(4,5)30-21/h18-22H,6-17H2,1-5H3/t18-,19+,20+,21-,22-/m1/s1. The van der Waals surface area contributed by atoms with Crippen LogP contribution in [-0.2, 0) is 33.2 Å². The van der Waals surface area contributed by atoms with Crippen LogP contribution in [0.15, 0.2) is 0 Å². The largest absolute Gasteiger partial charge is 0.381 e. The van der Waals surface area contributed by atoms with Crippen molar-refractivity contribution >= 4 is 0 Å². The number of ether oxygens (including phenoxy) is 7. The smallest absolute Gasteiger partial charge is 0.190 e. The van der Waals surface area contributed by atoms with Gasteiger partial charge in [-0.3, -0.25) is 0 Å². The van der Waals surface area contributed by atoms with E-state index < -0.39 is 17.9 Å². The Labute approximate surface area is 188 Å². The number of fused-ring (bicyclic) bond motifs is 3. The molecule has 7 nitrogen and oxygen atoms in total. The fraction of sp³-hybridized carbons (Fsp3) is 1.00. The van der Waals surface area contributed by atoms with E-state index >= 15 is 0 Å². The number of hydrogen-bond donors (Lipinski definition) is 0. The van der Waals surface area contributed by atoms with Gasteiger partial charge in [-0.05, 0) is 47.0 Å². The normalized spacial score (nSPS) is 33.4. The number of unbranched alkanes of at least 4 members (excludes halogenated alkanes) is 6. The molecule has 0 aromatic heterocycles. The molecule has 7 heteroatoms. The highest BCUT2D eigenvalue weighted by molar-refractivity contribution is 5.00. The van der Waals surface area contributed by atoms with Gasteiger partial charge >= 0.3 is 0 Å². The van der Waals surface area contributed by atoms with Crippen LogP contribution in [0.25, 0.3) is 0 Å². The molecule has 3 aliphatic heterocycles. The summed E-state index contributed by atoms with van der Waals surface area (Å²) >= 11 is 0. The molecule has 182 valence electrons. The Balaban J connectivity index is 1.28. The van der Waals surface area contributed by atoms with Crippen LogP contribution >= 0.6 is 0 Å². The second-order valence-electron chi connectivity index (χ2n) is 9.87. The highest BCUT2D eigenvalue weighted by Gasteiger charge is 2.60. The summed E-state index contributed by atoms with van der Waals surface area (Å²) in [6, 6.07) is 0. The topological polar surface area (TPSA) is 64.6 Å². The monoisotopic (exact) mass is 444 g/mol. The molecule has 3 heterocycles. The lowest BCUT2D eigenvalue weighted by atomic mass is 9.99. The van der Waals surface area contributed by atoms with Crippen molar-refractivity contribution in [2.24, 2.45) is 0 Å². The highest BCUT2D eigenvalue weighted by atomic mass is 16.9. The fourth-order valence-electron chi connectivity index (χ4n) is 4.52. The Hall–Kier alpha value is -0.280. The van der Waals surface area contributed by atoms with Crippen LogP contribution < -0.4 is 0 Å². The Kier molecular flexibility index (Phi) is 9.59. The first-order chi connectivity index (χ1) is 14.8. The third-order valence-corrected chi connectivity index (χ3v) is 6.00. The lowest BCUT2D eigenvalue weighted by molar-refractivity contribution is -0.243. The molecule has 0 radical (unpaired) electrons. The van der Waals surface area contributed by atoms with Crippen LogP contribution in [0.4, 0.5) is 0 Å². The molecule has 5 atom stereocenters. The van der Waals surface area contributed by atoms with Crippen molar-refractivity contribution in [2.75, 3.05) is 26.4 Å². The van der Waals surface area contributed by atoms with Gasteiger partial charge in [0.1, 0.15) is 24.4 Å². The van der Waals surface area contributed by atoms with E-state index in [1.54, 1.807) is 0 Å². The molecule has 3 aliphatic rings. The van der Waals surface area contributed by atoms with E-state index in [1.165, 1.54) is 38.5 Å². The van der Waals surface area contributed by atoms with Crippen molar-refractivity contribution in [3.05, 3.63) is 0 Å². The average Bonchev–Trinajstić information content (AvgIpc) is 3.19. The molecule has 3 rings (SSSR count). The predicted molar refractivity (Wildman–Crippen MR) is 117 cm³/mol. The lowest BCUT2D eigenvalue weighted by Crippen LogP contribution is -2.56. The SMILES string of the molecule is CCCCCCCCOCCCCOC[C@H]1O[C@@H]2OC(C)(C)O[C@@H]2[C@H]2OC(C)(C)O[C@H]21. The van der Waals surface area contributed by atoms with E-state index in [2.05, 4.69) is 6.92 Å². The van der Waals surface area contributed by atoms with Gasteiger partial charge in [-0.25, -0.2) is 0 Å². The van der Waals surface area contributed by atoms with Crippen LogP contribution in [0.1, 0.15) is 86.0 Å². The molecule has 0 spiro atoms. The molecular weight excluding hydrogens is 400 g/mol. The van der Waals surface area contributed by atoms with Gasteiger partial charge in [0.2, 0.25) is 0 Å². The van der Waals surface area contributed by atoms with Gasteiger partial charge in [0, 0.05) is 19.8 Å². The van der Waals surface area contributed by atoms with Gasteiger partial charge in [-0.1, -0.05) is 39.0 Å². The van der Waals surface area contributed by atoms with Crippen molar-refractivity contribution < 1.29 is 33.2 Å². The maximum Gasteiger partial charge on any atom is 0.190 e. The van der Waals surface area contributed by atoms with E-state index in [1.807, 2.05) is 27.7 Å². The molecular formula is C24H44O7. The summed E-state index contributed by atoms with van der Waals surface area (Å²) < 4.78 is 42.0. The molecule has 0 bridgehead atoms. The maximum absolute atomic E-state index is 6.16. The molecule has 0 N–H and O–H groups in total. The zero-order valence-corrected chi connectivity index (χ0v) is 20.2. The minimum atomic E-state index is -0.693. The van der Waals surface area contributed by atoms with Crippen LogP contribution in [-0.4, -0.2) is 68.7 Å². The molecule has 0 aliphatic carbocycles. The summed E-state index contributed by atoms with van der Waals surface area (Å²) in [6.07, 6.45) is 8.33. The second-order valence-corrected chi connectivity index (χ2v) is 9.87. The Morgan fingerprint density at radius 1 is 0.613 bits per heavy atom. The van der Waals surface area contributed by atoms with Gasteiger partial charge in [0.15, 0.2) is 17.9 Å². The Bertz CT molecular complexity index is 524. The van der Waals surface area contributed by atoms with Gasteiger partial charge in [0.05, 0.1) is 6.61 Å². The summed E-state index contributed by atoms with van der Waals surface area (Å²) in [5.41, 5.74) is 0. The zero-order chi connectivity index (χ0) is 22.3. The third-order valence-electron chi connectivity index (χ3n) is 6.00. The molecule has 3 fully saturated rings. The quantitative estimate of drug-likeness (QED) is 0.364. The second kappa shape index (κ2) is 11.7. The third kappa shape index (κ3) is 7.63. The van der Waals surface area contributed by atoms with Crippen LogP contribution in [0.2, 0.25) is 0 Å². The van der Waals surface area contributed by atoms with Crippen LogP contribution in [0, 0.1) is 0 Å². The van der Waals surface area contributed by atoms with Gasteiger partial charge < -0.3 is 33.2 Å². The van der Waals surface area contributed by atoms with Gasteiger partial charge in [-0.15, -0.1) is 0 Å². The van der Waals surface area contributed by atoms with Crippen molar-refractivity contribution in [2.45, 2.75) is 128 Å².